The van der Waals surface area contributed by atoms with Gasteiger partial charge in [0.05, 0.1) is 27.2 Å². The van der Waals surface area contributed by atoms with Crippen LogP contribution in [0.4, 0.5) is 5.69 Å². The van der Waals surface area contributed by atoms with Crippen LogP contribution in [-0.2, 0) is 4.79 Å². The molecule has 0 radical (unpaired) electrons. The normalized spacial score (nSPS) is 15.8. The summed E-state index contributed by atoms with van der Waals surface area (Å²) in [6, 6.07) is 9.81. The standard InChI is InChI=1S/C23H19BrN2O5S/c1-4-9-31-20-17(24)10-14(11-18(20)30-5-2)12-19-21(27)26(3)23(32-19)25-16-8-6-7-15(13-16)22(28)29/h1,6-8,10-13H,5,9H2,2-3H3,(H,28,29)/b19-12-,25-23?. The maximum absolute atomic E-state index is 12.8. The van der Waals surface area contributed by atoms with Crippen LogP contribution in [0.2, 0.25) is 0 Å². The molecule has 0 aliphatic carbocycles. The largest absolute Gasteiger partial charge is 0.490 e. The Morgan fingerprint density at radius 2 is 2.12 bits per heavy atom. The number of amides is 1. The molecule has 1 heterocycles. The fraction of sp³-hybridized carbons (Fsp3) is 0.174. The average molecular weight is 515 g/mol. The van der Waals surface area contributed by atoms with Gasteiger partial charge in [-0.1, -0.05) is 12.0 Å². The molecule has 0 unspecified atom stereocenters. The third kappa shape index (κ3) is 5.33. The number of likely N-dealkylation sites (N-methyl/N-ethyl adjacent to an activating group) is 1. The first kappa shape index (κ1) is 23.4. The summed E-state index contributed by atoms with van der Waals surface area (Å²) in [5, 5.41) is 9.61. The summed E-state index contributed by atoms with van der Waals surface area (Å²) >= 11 is 4.67. The number of halogens is 1. The predicted octanol–water partition coefficient (Wildman–Crippen LogP) is 4.79. The summed E-state index contributed by atoms with van der Waals surface area (Å²) in [4.78, 5) is 30.3. The number of terminal acetylenes is 1. The van der Waals surface area contributed by atoms with Crippen LogP contribution in [-0.4, -0.2) is 47.3 Å². The molecule has 0 bridgehead atoms. The first-order valence-corrected chi connectivity index (χ1v) is 11.1. The third-order valence-corrected chi connectivity index (χ3v) is 5.90. The molecule has 32 heavy (non-hydrogen) atoms. The Labute approximate surface area is 198 Å². The lowest BCUT2D eigenvalue weighted by atomic mass is 10.2. The van der Waals surface area contributed by atoms with Gasteiger partial charge in [0, 0.05) is 7.05 Å². The van der Waals surface area contributed by atoms with E-state index in [1.54, 1.807) is 37.4 Å². The van der Waals surface area contributed by atoms with Gasteiger partial charge in [0.25, 0.3) is 5.91 Å². The number of thioether (sulfide) groups is 1. The molecule has 0 saturated carbocycles. The molecule has 0 spiro atoms. The van der Waals surface area contributed by atoms with Crippen molar-refractivity contribution in [3.05, 3.63) is 56.9 Å². The van der Waals surface area contributed by atoms with Crippen LogP contribution < -0.4 is 9.47 Å². The molecular weight excluding hydrogens is 496 g/mol. The average Bonchev–Trinajstić information content (AvgIpc) is 3.01. The predicted molar refractivity (Wildman–Crippen MR) is 128 cm³/mol. The van der Waals surface area contributed by atoms with Crippen molar-refractivity contribution in [1.29, 1.82) is 0 Å². The minimum absolute atomic E-state index is 0.0984. The molecule has 1 N–H and O–H groups in total. The number of carbonyl (C=O) groups excluding carboxylic acids is 1. The van der Waals surface area contributed by atoms with Gasteiger partial charge >= 0.3 is 5.97 Å². The molecule has 0 atom stereocenters. The zero-order valence-corrected chi connectivity index (χ0v) is 19.7. The van der Waals surface area contributed by atoms with Crippen LogP contribution in [0.5, 0.6) is 11.5 Å². The summed E-state index contributed by atoms with van der Waals surface area (Å²) in [5.74, 6) is 2.17. The number of hydrogen-bond donors (Lipinski definition) is 1. The highest BCUT2D eigenvalue weighted by atomic mass is 79.9. The molecule has 0 aromatic heterocycles. The van der Waals surface area contributed by atoms with Crippen molar-refractivity contribution in [2.24, 2.45) is 4.99 Å². The van der Waals surface area contributed by atoms with Crippen LogP contribution in [0.15, 0.2) is 50.8 Å². The van der Waals surface area contributed by atoms with E-state index < -0.39 is 5.97 Å². The van der Waals surface area contributed by atoms with E-state index in [1.165, 1.54) is 28.8 Å². The smallest absolute Gasteiger partial charge is 0.335 e. The molecular formula is C23H19BrN2O5S. The van der Waals surface area contributed by atoms with Gasteiger partial charge in [-0.25, -0.2) is 9.79 Å². The highest BCUT2D eigenvalue weighted by Crippen LogP contribution is 2.39. The molecule has 3 rings (SSSR count). The maximum Gasteiger partial charge on any atom is 0.335 e. The van der Waals surface area contributed by atoms with Gasteiger partial charge in [-0.15, -0.1) is 6.42 Å². The summed E-state index contributed by atoms with van der Waals surface area (Å²) in [7, 11) is 1.62. The fourth-order valence-electron chi connectivity index (χ4n) is 2.81. The number of nitrogens with zero attached hydrogens (tertiary/aromatic N) is 2. The summed E-state index contributed by atoms with van der Waals surface area (Å²) in [5.41, 5.74) is 1.30. The zero-order chi connectivity index (χ0) is 23.3. The first-order chi connectivity index (χ1) is 15.3. The third-order valence-electron chi connectivity index (χ3n) is 4.25. The van der Waals surface area contributed by atoms with Gasteiger partial charge in [-0.3, -0.25) is 9.69 Å². The Morgan fingerprint density at radius 1 is 1.34 bits per heavy atom. The van der Waals surface area contributed by atoms with E-state index in [0.717, 1.165) is 5.56 Å². The fourth-order valence-corrected chi connectivity index (χ4v) is 4.37. The van der Waals surface area contributed by atoms with Crippen LogP contribution in [0, 0.1) is 12.3 Å². The topological polar surface area (TPSA) is 88.4 Å². The summed E-state index contributed by atoms with van der Waals surface area (Å²) < 4.78 is 11.9. The summed E-state index contributed by atoms with van der Waals surface area (Å²) in [6.45, 7) is 2.39. The molecule has 1 amide bonds. The number of aromatic carboxylic acids is 1. The Morgan fingerprint density at radius 3 is 2.81 bits per heavy atom. The number of aliphatic imine (C=N–C) groups is 1. The van der Waals surface area contributed by atoms with Crippen LogP contribution in [0.1, 0.15) is 22.8 Å². The van der Waals surface area contributed by atoms with E-state index in [4.69, 9.17) is 21.0 Å². The van der Waals surface area contributed by atoms with Crippen molar-refractivity contribution >= 4 is 56.5 Å². The van der Waals surface area contributed by atoms with Crippen molar-refractivity contribution in [1.82, 2.24) is 4.90 Å². The second-order valence-corrected chi connectivity index (χ2v) is 8.34. The van der Waals surface area contributed by atoms with E-state index in [9.17, 15) is 9.59 Å². The van der Waals surface area contributed by atoms with Gasteiger partial charge < -0.3 is 14.6 Å². The summed E-state index contributed by atoms with van der Waals surface area (Å²) in [6.07, 6.45) is 7.02. The molecule has 1 fully saturated rings. The number of carboxylic acid groups (broad SMARTS) is 1. The van der Waals surface area contributed by atoms with Crippen molar-refractivity contribution in [3.63, 3.8) is 0 Å². The molecule has 164 valence electrons. The molecule has 7 nitrogen and oxygen atoms in total. The number of carbonyl (C=O) groups is 2. The number of ether oxygens (including phenoxy) is 2. The molecule has 2 aromatic rings. The van der Waals surface area contributed by atoms with E-state index in [-0.39, 0.29) is 18.1 Å². The second kappa shape index (κ2) is 10.4. The zero-order valence-electron chi connectivity index (χ0n) is 17.3. The first-order valence-electron chi connectivity index (χ1n) is 9.46. The lowest BCUT2D eigenvalue weighted by Gasteiger charge is -2.13. The van der Waals surface area contributed by atoms with E-state index in [2.05, 4.69) is 26.8 Å². The minimum Gasteiger partial charge on any atom is -0.490 e. The van der Waals surface area contributed by atoms with Gasteiger partial charge in [0.2, 0.25) is 0 Å². The van der Waals surface area contributed by atoms with Crippen molar-refractivity contribution in [3.8, 4) is 23.8 Å². The van der Waals surface area contributed by atoms with Gasteiger partial charge in [0.15, 0.2) is 16.7 Å². The van der Waals surface area contributed by atoms with Gasteiger partial charge in [-0.2, -0.15) is 0 Å². The van der Waals surface area contributed by atoms with Crippen molar-refractivity contribution in [2.45, 2.75) is 6.92 Å². The molecule has 2 aromatic carbocycles. The van der Waals surface area contributed by atoms with E-state index >= 15 is 0 Å². The van der Waals surface area contributed by atoms with E-state index in [0.29, 0.717) is 38.3 Å². The SMILES string of the molecule is C#CCOc1c(Br)cc(/C=C2\SC(=Nc3cccc(C(=O)O)c3)N(C)C2=O)cc1OCC. The number of carboxylic acids is 1. The molecule has 1 aliphatic rings. The Kier molecular flexibility index (Phi) is 7.62. The molecule has 1 aliphatic heterocycles. The number of rotatable bonds is 7. The number of hydrogen-bond acceptors (Lipinski definition) is 6. The minimum atomic E-state index is -1.04. The quantitative estimate of drug-likeness (QED) is 0.422. The molecule has 1 saturated heterocycles. The van der Waals surface area contributed by atoms with Crippen LogP contribution in [0.25, 0.3) is 6.08 Å². The van der Waals surface area contributed by atoms with Gasteiger partial charge in [-0.05, 0) is 76.6 Å². The highest BCUT2D eigenvalue weighted by molar-refractivity contribution is 9.10. The lowest BCUT2D eigenvalue weighted by Crippen LogP contribution is -2.23. The molecule has 9 heteroatoms. The van der Waals surface area contributed by atoms with Crippen LogP contribution >= 0.6 is 27.7 Å². The van der Waals surface area contributed by atoms with Crippen molar-refractivity contribution < 1.29 is 24.2 Å². The van der Waals surface area contributed by atoms with Crippen LogP contribution in [0.3, 0.4) is 0 Å². The second-order valence-electron chi connectivity index (χ2n) is 6.48. The number of amidine groups is 1. The van der Waals surface area contributed by atoms with E-state index in [1.807, 2.05) is 6.92 Å². The van der Waals surface area contributed by atoms with Crippen molar-refractivity contribution in [2.75, 3.05) is 20.3 Å². The Bertz CT molecular complexity index is 1170. The maximum atomic E-state index is 12.8. The monoisotopic (exact) mass is 514 g/mol. The Balaban J connectivity index is 1.92. The lowest BCUT2D eigenvalue weighted by molar-refractivity contribution is -0.121. The highest BCUT2D eigenvalue weighted by Gasteiger charge is 2.30. The van der Waals surface area contributed by atoms with Gasteiger partial charge in [0.1, 0.15) is 6.61 Å². The number of benzene rings is 2. The Hall–Kier alpha value is -3.22.